The van der Waals surface area contributed by atoms with Crippen LogP contribution in [0, 0.1) is 0 Å². The predicted molar refractivity (Wildman–Crippen MR) is 222 cm³/mol. The normalized spacial score (nSPS) is 11.9. The average Bonchev–Trinajstić information content (AvgIpc) is 3.59. The molecule has 0 aliphatic rings. The Morgan fingerprint density at radius 1 is 0.275 bits per heavy atom. The summed E-state index contributed by atoms with van der Waals surface area (Å²) in [6.07, 6.45) is 0. The van der Waals surface area contributed by atoms with Crippen molar-refractivity contribution in [2.75, 3.05) is 0 Å². The van der Waals surface area contributed by atoms with E-state index in [1.165, 1.54) is 108 Å². The van der Waals surface area contributed by atoms with Crippen molar-refractivity contribution in [2.45, 2.75) is 0 Å². The molecule has 236 valence electrons. The van der Waals surface area contributed by atoms with E-state index in [2.05, 4.69) is 182 Å². The lowest BCUT2D eigenvalue weighted by Gasteiger charge is -2.17. The molecule has 11 rings (SSSR count). The molecule has 0 aliphatic carbocycles. The van der Waals surface area contributed by atoms with E-state index in [-0.39, 0.29) is 0 Å². The van der Waals surface area contributed by atoms with Crippen molar-refractivity contribution in [3.8, 4) is 44.5 Å². The Kier molecular flexibility index (Phi) is 6.22. The molecule has 11 aromatic rings. The summed E-state index contributed by atoms with van der Waals surface area (Å²) in [5.74, 6) is 0. The standard InChI is InChI=1S/C50H30S/c1-2-8-36-29-38(20-15-31(36)7-1)37-9-5-10-39(30-37)41-26-22-35-23-27-44-40(25-21-34-24-28-45(41)49(35)48(34)44)32-16-18-33(19-17-32)42-12-6-13-46-43-11-3-4-14-47(43)51-50(42)46/h1-30H. The lowest BCUT2D eigenvalue weighted by atomic mass is 9.86. The van der Waals surface area contributed by atoms with E-state index in [4.69, 9.17) is 0 Å². The second-order valence-electron chi connectivity index (χ2n) is 13.6. The molecule has 0 amide bonds. The molecule has 0 saturated heterocycles. The lowest BCUT2D eigenvalue weighted by Crippen LogP contribution is -1.90. The maximum absolute atomic E-state index is 2.35. The highest BCUT2D eigenvalue weighted by Crippen LogP contribution is 2.44. The Balaban J connectivity index is 1.02. The molecule has 0 saturated carbocycles. The third kappa shape index (κ3) is 4.45. The third-order valence-electron chi connectivity index (χ3n) is 10.8. The van der Waals surface area contributed by atoms with Crippen molar-refractivity contribution in [1.29, 1.82) is 0 Å². The van der Waals surface area contributed by atoms with Crippen molar-refractivity contribution in [3.63, 3.8) is 0 Å². The number of rotatable bonds is 4. The summed E-state index contributed by atoms with van der Waals surface area (Å²) < 4.78 is 2.69. The molecule has 0 N–H and O–H groups in total. The summed E-state index contributed by atoms with van der Waals surface area (Å²) in [6, 6.07) is 67.5. The van der Waals surface area contributed by atoms with Crippen LogP contribution >= 0.6 is 11.3 Å². The van der Waals surface area contributed by atoms with Gasteiger partial charge in [-0.25, -0.2) is 0 Å². The summed E-state index contributed by atoms with van der Waals surface area (Å²) in [5.41, 5.74) is 10.0. The van der Waals surface area contributed by atoms with Crippen LogP contribution in [0.2, 0.25) is 0 Å². The zero-order valence-electron chi connectivity index (χ0n) is 27.7. The fraction of sp³-hybridized carbons (Fsp3) is 0. The van der Waals surface area contributed by atoms with Crippen molar-refractivity contribution in [3.05, 3.63) is 182 Å². The topological polar surface area (TPSA) is 0 Å². The number of fused-ring (bicyclic) bond motifs is 4. The molecule has 1 heteroatoms. The first-order chi connectivity index (χ1) is 25.3. The molecular formula is C50H30S. The molecule has 0 atom stereocenters. The minimum absolute atomic E-state index is 1.23. The van der Waals surface area contributed by atoms with Crippen LogP contribution in [0.15, 0.2) is 182 Å². The summed E-state index contributed by atoms with van der Waals surface area (Å²) >= 11 is 1.89. The summed E-state index contributed by atoms with van der Waals surface area (Å²) in [5, 5.41) is 13.0. The maximum Gasteiger partial charge on any atom is 0.0433 e. The van der Waals surface area contributed by atoms with Gasteiger partial charge in [0.25, 0.3) is 0 Å². The minimum atomic E-state index is 1.23. The van der Waals surface area contributed by atoms with E-state index in [1.54, 1.807) is 0 Å². The second kappa shape index (κ2) is 11.1. The molecule has 0 unspecified atom stereocenters. The highest BCUT2D eigenvalue weighted by molar-refractivity contribution is 7.26. The van der Waals surface area contributed by atoms with Gasteiger partial charge in [-0.15, -0.1) is 11.3 Å². The van der Waals surface area contributed by atoms with E-state index >= 15 is 0 Å². The smallest absolute Gasteiger partial charge is 0.0433 e. The van der Waals surface area contributed by atoms with Crippen molar-refractivity contribution >= 4 is 74.6 Å². The summed E-state index contributed by atoms with van der Waals surface area (Å²) in [4.78, 5) is 0. The maximum atomic E-state index is 2.35. The fourth-order valence-corrected chi connectivity index (χ4v) is 9.58. The summed E-state index contributed by atoms with van der Waals surface area (Å²) in [6.45, 7) is 0. The van der Waals surface area contributed by atoms with Gasteiger partial charge in [-0.05, 0) is 106 Å². The van der Waals surface area contributed by atoms with Crippen LogP contribution in [0.1, 0.15) is 0 Å². The molecule has 0 bridgehead atoms. The van der Waals surface area contributed by atoms with Crippen LogP contribution in [0.4, 0.5) is 0 Å². The van der Waals surface area contributed by atoms with Gasteiger partial charge in [-0.1, -0.05) is 164 Å². The van der Waals surface area contributed by atoms with Gasteiger partial charge in [0.1, 0.15) is 0 Å². The van der Waals surface area contributed by atoms with Gasteiger partial charge in [0, 0.05) is 20.2 Å². The number of hydrogen-bond acceptors (Lipinski definition) is 1. The number of benzene rings is 10. The van der Waals surface area contributed by atoms with Gasteiger partial charge in [-0.2, -0.15) is 0 Å². The third-order valence-corrected chi connectivity index (χ3v) is 12.1. The van der Waals surface area contributed by atoms with Gasteiger partial charge in [-0.3, -0.25) is 0 Å². The van der Waals surface area contributed by atoms with Gasteiger partial charge in [0.2, 0.25) is 0 Å². The molecule has 0 nitrogen and oxygen atoms in total. The fourth-order valence-electron chi connectivity index (χ4n) is 8.34. The lowest BCUT2D eigenvalue weighted by molar-refractivity contribution is 1.62. The van der Waals surface area contributed by atoms with Gasteiger partial charge in [0.05, 0.1) is 0 Å². The quantitative estimate of drug-likeness (QED) is 0.165. The van der Waals surface area contributed by atoms with Crippen LogP contribution in [-0.4, -0.2) is 0 Å². The van der Waals surface area contributed by atoms with Gasteiger partial charge in [0.15, 0.2) is 0 Å². The second-order valence-corrected chi connectivity index (χ2v) is 14.7. The molecular weight excluding hydrogens is 633 g/mol. The Bertz CT molecular complexity index is 3120. The zero-order valence-corrected chi connectivity index (χ0v) is 28.5. The molecule has 1 heterocycles. The van der Waals surface area contributed by atoms with E-state index < -0.39 is 0 Å². The SMILES string of the molecule is c1cc(-c2ccc3ccccc3c2)cc(-c2ccc3ccc4c(-c5ccc(-c6cccc7c6sc6ccccc67)cc5)ccc5ccc2c3c54)c1. The summed E-state index contributed by atoms with van der Waals surface area (Å²) in [7, 11) is 0. The molecule has 51 heavy (non-hydrogen) atoms. The van der Waals surface area contributed by atoms with Crippen LogP contribution < -0.4 is 0 Å². The van der Waals surface area contributed by atoms with Crippen LogP contribution in [-0.2, 0) is 0 Å². The first kappa shape index (κ1) is 28.5. The molecule has 0 aliphatic heterocycles. The number of thiophene rings is 1. The Morgan fingerprint density at radius 2 is 0.824 bits per heavy atom. The largest absolute Gasteiger partial charge is 0.135 e. The predicted octanol–water partition coefficient (Wildman–Crippen LogP) is 14.8. The molecule has 0 fully saturated rings. The first-order valence-electron chi connectivity index (χ1n) is 17.6. The van der Waals surface area contributed by atoms with E-state index in [9.17, 15) is 0 Å². The zero-order chi connectivity index (χ0) is 33.5. The van der Waals surface area contributed by atoms with Crippen LogP contribution in [0.3, 0.4) is 0 Å². The van der Waals surface area contributed by atoms with Gasteiger partial charge < -0.3 is 0 Å². The average molecular weight is 663 g/mol. The van der Waals surface area contributed by atoms with E-state index in [0.717, 1.165) is 0 Å². The van der Waals surface area contributed by atoms with Crippen molar-refractivity contribution in [1.82, 2.24) is 0 Å². The van der Waals surface area contributed by atoms with E-state index in [1.807, 2.05) is 11.3 Å². The Labute approximate surface area is 299 Å². The molecule has 10 aromatic carbocycles. The highest BCUT2D eigenvalue weighted by Gasteiger charge is 2.16. The molecule has 0 radical (unpaired) electrons. The van der Waals surface area contributed by atoms with Crippen LogP contribution in [0.5, 0.6) is 0 Å². The molecule has 1 aromatic heterocycles. The first-order valence-corrected chi connectivity index (χ1v) is 18.4. The van der Waals surface area contributed by atoms with Gasteiger partial charge >= 0.3 is 0 Å². The monoisotopic (exact) mass is 662 g/mol. The molecule has 0 spiro atoms. The van der Waals surface area contributed by atoms with Crippen LogP contribution in [0.25, 0.3) is 108 Å². The van der Waals surface area contributed by atoms with Crippen molar-refractivity contribution < 1.29 is 0 Å². The highest BCUT2D eigenvalue weighted by atomic mass is 32.1. The Hall–Kier alpha value is -6.28. The minimum Gasteiger partial charge on any atom is -0.135 e. The number of hydrogen-bond donors (Lipinski definition) is 0. The Morgan fingerprint density at radius 3 is 1.61 bits per heavy atom. The van der Waals surface area contributed by atoms with Crippen molar-refractivity contribution in [2.24, 2.45) is 0 Å². The van der Waals surface area contributed by atoms with E-state index in [0.29, 0.717) is 0 Å².